The molecule has 8 rings (SSSR count). The van der Waals surface area contributed by atoms with E-state index in [4.69, 9.17) is 9.47 Å². The number of hydrogen-bond donors (Lipinski definition) is 1. The van der Waals surface area contributed by atoms with Gasteiger partial charge < -0.3 is 14.6 Å². The lowest BCUT2D eigenvalue weighted by molar-refractivity contribution is -0.0869. The number of benzene rings is 4. The van der Waals surface area contributed by atoms with Gasteiger partial charge in [-0.25, -0.2) is 0 Å². The van der Waals surface area contributed by atoms with E-state index in [-0.39, 0.29) is 23.5 Å². The van der Waals surface area contributed by atoms with Gasteiger partial charge in [0.05, 0.1) is 7.11 Å². The largest absolute Gasteiger partial charge is 0.508 e. The summed E-state index contributed by atoms with van der Waals surface area (Å²) in [5, 5.41) is 11.5. The monoisotopic (exact) mass is 682 g/mol. The molecule has 1 N–H and O–H groups in total. The van der Waals surface area contributed by atoms with Gasteiger partial charge in [-0.2, -0.15) is 0 Å². The van der Waals surface area contributed by atoms with Crippen LogP contribution in [-0.4, -0.2) is 66.4 Å². The maximum Gasteiger partial charge on any atom is 0.166 e. The minimum absolute atomic E-state index is 0.0136. The standard InChI is InChI=1S/C46H54N2O3/c1-3-27-47-29-26-46-38-24-25-39(45(46)51-44-42(50-2)31-41(49)36(43(44)46)30-40(38)47)48(28-16-5-4-9-17-33-18-10-6-11-19-33)32-37(34-20-12-7-13-21-34)35-22-14-8-15-23-35/h3,6-8,10-15,18-23,31,37-40,45,49H,1,4-5,9,16-17,24-30,32H2,2H3/t38-,39-,40+,45-,46-/m0/s1. The fourth-order valence-electron chi connectivity index (χ4n) is 10.6. The fourth-order valence-corrected chi connectivity index (χ4v) is 10.6. The van der Waals surface area contributed by atoms with Crippen molar-refractivity contribution in [2.75, 3.05) is 33.3 Å². The molecular weight excluding hydrogens is 629 g/mol. The molecule has 0 aromatic heterocycles. The highest BCUT2D eigenvalue weighted by Gasteiger charge is 2.66. The molecule has 0 unspecified atom stereocenters. The van der Waals surface area contributed by atoms with Crippen molar-refractivity contribution in [3.63, 3.8) is 0 Å². The number of aromatic hydroxyl groups is 1. The number of unbranched alkanes of at least 4 members (excludes halogenated alkanes) is 3. The van der Waals surface area contributed by atoms with E-state index in [0.29, 0.717) is 23.5 Å². The molecule has 4 aliphatic rings. The van der Waals surface area contributed by atoms with E-state index in [2.05, 4.69) is 113 Å². The Morgan fingerprint density at radius 1 is 0.941 bits per heavy atom. The van der Waals surface area contributed by atoms with Gasteiger partial charge in [0.1, 0.15) is 11.9 Å². The van der Waals surface area contributed by atoms with Crippen LogP contribution in [0, 0.1) is 5.92 Å². The maximum absolute atomic E-state index is 11.5. The van der Waals surface area contributed by atoms with E-state index in [9.17, 15) is 5.11 Å². The molecule has 51 heavy (non-hydrogen) atoms. The quantitative estimate of drug-likeness (QED) is 0.100. The van der Waals surface area contributed by atoms with Crippen LogP contribution in [0.3, 0.4) is 0 Å². The molecule has 4 aromatic carbocycles. The van der Waals surface area contributed by atoms with E-state index >= 15 is 0 Å². The third kappa shape index (κ3) is 6.27. The van der Waals surface area contributed by atoms with Crippen molar-refractivity contribution < 1.29 is 14.6 Å². The zero-order chi connectivity index (χ0) is 34.8. The first kappa shape index (κ1) is 34.0. The molecule has 5 heteroatoms. The number of piperidine rings is 1. The molecule has 2 bridgehead atoms. The Bertz CT molecular complexity index is 1740. The summed E-state index contributed by atoms with van der Waals surface area (Å²) >= 11 is 0. The van der Waals surface area contributed by atoms with Gasteiger partial charge in [0.25, 0.3) is 0 Å². The summed E-state index contributed by atoms with van der Waals surface area (Å²) in [7, 11) is 1.71. The van der Waals surface area contributed by atoms with Crippen molar-refractivity contribution >= 4 is 0 Å². The second-order valence-corrected chi connectivity index (χ2v) is 15.4. The number of nitrogens with zero attached hydrogens (tertiary/aromatic N) is 2. The Balaban J connectivity index is 1.13. The molecule has 1 saturated heterocycles. The smallest absolute Gasteiger partial charge is 0.166 e. The van der Waals surface area contributed by atoms with E-state index in [1.54, 1.807) is 13.2 Å². The Labute approximate surface area is 304 Å². The lowest BCUT2D eigenvalue weighted by Gasteiger charge is -2.60. The van der Waals surface area contributed by atoms with E-state index in [1.807, 2.05) is 0 Å². The third-order valence-corrected chi connectivity index (χ3v) is 12.9. The average Bonchev–Trinajstić information content (AvgIpc) is 3.52. The number of phenols is 1. The summed E-state index contributed by atoms with van der Waals surface area (Å²) in [6.07, 6.45) is 12.2. The normalized spacial score (nSPS) is 24.7. The first-order valence-corrected chi connectivity index (χ1v) is 19.4. The fraction of sp³-hybridized carbons (Fsp3) is 0.435. The van der Waals surface area contributed by atoms with Gasteiger partial charge in [-0.1, -0.05) is 110 Å². The van der Waals surface area contributed by atoms with Crippen LogP contribution >= 0.6 is 0 Å². The van der Waals surface area contributed by atoms with Crippen molar-refractivity contribution in [3.05, 3.63) is 138 Å². The molecular formula is C46H54N2O3. The van der Waals surface area contributed by atoms with Gasteiger partial charge in [-0.3, -0.25) is 9.80 Å². The van der Waals surface area contributed by atoms with Crippen LogP contribution in [0.2, 0.25) is 0 Å². The number of ether oxygens (including phenoxy) is 2. The summed E-state index contributed by atoms with van der Waals surface area (Å²) in [5.41, 5.74) is 6.37. The van der Waals surface area contributed by atoms with E-state index in [1.165, 1.54) is 47.9 Å². The predicted molar refractivity (Wildman–Crippen MR) is 206 cm³/mol. The van der Waals surface area contributed by atoms with Gasteiger partial charge in [-0.15, -0.1) is 6.58 Å². The Morgan fingerprint density at radius 2 is 1.63 bits per heavy atom. The highest BCUT2D eigenvalue weighted by molar-refractivity contribution is 5.65. The van der Waals surface area contributed by atoms with Gasteiger partial charge in [0, 0.05) is 53.7 Å². The number of likely N-dealkylation sites (tertiary alicyclic amines) is 1. The van der Waals surface area contributed by atoms with E-state index < -0.39 is 0 Å². The number of phenolic OH excluding ortho intramolecular Hbond substituents is 1. The number of methoxy groups -OCH3 is 1. The molecule has 1 spiro atoms. The van der Waals surface area contributed by atoms with Gasteiger partial charge >= 0.3 is 0 Å². The molecule has 2 fully saturated rings. The van der Waals surface area contributed by atoms with Gasteiger partial charge in [0.2, 0.25) is 0 Å². The zero-order valence-electron chi connectivity index (χ0n) is 30.3. The van der Waals surface area contributed by atoms with Crippen molar-refractivity contribution in [1.29, 1.82) is 0 Å². The highest BCUT2D eigenvalue weighted by atomic mass is 16.5. The lowest BCUT2D eigenvalue weighted by Crippen LogP contribution is -2.69. The molecule has 1 saturated carbocycles. The van der Waals surface area contributed by atoms with Crippen LogP contribution in [-0.2, 0) is 18.3 Å². The van der Waals surface area contributed by atoms with Crippen molar-refractivity contribution in [1.82, 2.24) is 9.80 Å². The van der Waals surface area contributed by atoms with Crippen LogP contribution in [0.5, 0.6) is 17.2 Å². The van der Waals surface area contributed by atoms with Crippen LogP contribution in [0.4, 0.5) is 0 Å². The van der Waals surface area contributed by atoms with Crippen molar-refractivity contribution in [2.45, 2.75) is 87.3 Å². The Kier molecular flexibility index (Phi) is 9.94. The first-order chi connectivity index (χ1) is 25.1. The maximum atomic E-state index is 11.5. The van der Waals surface area contributed by atoms with Crippen molar-refractivity contribution in [3.8, 4) is 17.2 Å². The number of aryl methyl sites for hydroxylation is 1. The zero-order valence-corrected chi connectivity index (χ0v) is 30.3. The second-order valence-electron chi connectivity index (χ2n) is 15.4. The molecule has 2 heterocycles. The van der Waals surface area contributed by atoms with Crippen LogP contribution in [0.25, 0.3) is 0 Å². The summed E-state index contributed by atoms with van der Waals surface area (Å²) in [6, 6.07) is 35.6. The topological polar surface area (TPSA) is 45.2 Å². The summed E-state index contributed by atoms with van der Waals surface area (Å²) in [6.45, 7) is 8.01. The van der Waals surface area contributed by atoms with Gasteiger partial charge in [-0.05, 0) is 80.6 Å². The lowest BCUT2D eigenvalue weighted by atomic mass is 9.50. The molecule has 0 radical (unpaired) electrons. The molecule has 2 aliphatic heterocycles. The number of hydrogen-bond acceptors (Lipinski definition) is 5. The van der Waals surface area contributed by atoms with Crippen LogP contribution in [0.1, 0.15) is 78.7 Å². The summed E-state index contributed by atoms with van der Waals surface area (Å²) in [4.78, 5) is 5.45. The SMILES string of the molecule is C=CCN1CC[C@]23c4c5c(O)cc(OC)c4O[C@H]2[C@@H](N(CCCCCCc2ccccc2)CC(c2ccccc2)c2ccccc2)CC[C@H]3[C@H]1C5. The van der Waals surface area contributed by atoms with Gasteiger partial charge in [0.15, 0.2) is 11.5 Å². The van der Waals surface area contributed by atoms with Crippen LogP contribution < -0.4 is 9.47 Å². The summed E-state index contributed by atoms with van der Waals surface area (Å²) in [5.74, 6) is 2.67. The number of rotatable bonds is 15. The van der Waals surface area contributed by atoms with Crippen molar-refractivity contribution in [2.24, 2.45) is 5.92 Å². The third-order valence-electron chi connectivity index (χ3n) is 12.9. The highest BCUT2D eigenvalue weighted by Crippen LogP contribution is 2.65. The predicted octanol–water partition coefficient (Wildman–Crippen LogP) is 8.93. The minimum atomic E-state index is -0.136. The Hall–Kier alpha value is -4.06. The second kappa shape index (κ2) is 14.9. The first-order valence-electron chi connectivity index (χ1n) is 19.4. The molecule has 2 aliphatic carbocycles. The average molecular weight is 683 g/mol. The Morgan fingerprint density at radius 3 is 2.31 bits per heavy atom. The molecule has 4 aromatic rings. The molecule has 5 nitrogen and oxygen atoms in total. The van der Waals surface area contributed by atoms with Crippen LogP contribution in [0.15, 0.2) is 110 Å². The van der Waals surface area contributed by atoms with E-state index in [0.717, 1.165) is 69.6 Å². The summed E-state index contributed by atoms with van der Waals surface area (Å²) < 4.78 is 13.3. The minimum Gasteiger partial charge on any atom is -0.508 e. The molecule has 5 atom stereocenters. The molecule has 0 amide bonds. The molecule has 266 valence electrons.